The molecule has 2 aliphatic rings. The van der Waals surface area contributed by atoms with Gasteiger partial charge in [-0.05, 0) is 33.1 Å². The fraction of sp³-hybridized carbons (Fsp3) is 0.727. The second-order valence-electron chi connectivity index (χ2n) is 5.14. The first-order valence-corrected chi connectivity index (χ1v) is 5.94. The monoisotopic (exact) mass is 240 g/mol. The number of likely N-dealkylation sites (tertiary alicyclic amines) is 1. The van der Waals surface area contributed by atoms with Gasteiger partial charge in [0, 0.05) is 11.8 Å². The summed E-state index contributed by atoms with van der Waals surface area (Å²) in [6.07, 6.45) is 2.35. The number of carbonyl (C=O) groups excluding carboxylic acids is 2. The highest BCUT2D eigenvalue weighted by atomic mass is 32.1. The van der Waals surface area contributed by atoms with Crippen LogP contribution >= 0.6 is 12.2 Å². The van der Waals surface area contributed by atoms with Gasteiger partial charge in [-0.1, -0.05) is 12.2 Å². The van der Waals surface area contributed by atoms with Crippen molar-refractivity contribution in [1.82, 2.24) is 4.90 Å². The van der Waals surface area contributed by atoms with Gasteiger partial charge in [0.15, 0.2) is 0 Å². The predicted octanol–water partition coefficient (Wildman–Crippen LogP) is 0.836. The van der Waals surface area contributed by atoms with Gasteiger partial charge < -0.3 is 5.73 Å². The number of hydrogen-bond donors (Lipinski definition) is 1. The highest BCUT2D eigenvalue weighted by Gasteiger charge is 2.50. The van der Waals surface area contributed by atoms with E-state index >= 15 is 0 Å². The number of imide groups is 1. The second-order valence-corrected chi connectivity index (χ2v) is 5.58. The predicted molar refractivity (Wildman–Crippen MR) is 63.5 cm³/mol. The highest BCUT2D eigenvalue weighted by molar-refractivity contribution is 7.80. The molecule has 2 N–H and O–H groups in total. The van der Waals surface area contributed by atoms with E-state index in [0.29, 0.717) is 6.42 Å². The lowest BCUT2D eigenvalue weighted by Crippen LogP contribution is -2.61. The van der Waals surface area contributed by atoms with Gasteiger partial charge in [-0.3, -0.25) is 14.5 Å². The van der Waals surface area contributed by atoms with Crippen molar-refractivity contribution in [3.8, 4) is 0 Å². The van der Waals surface area contributed by atoms with Crippen LogP contribution in [-0.2, 0) is 9.59 Å². The number of nitrogens with two attached hydrogens (primary N) is 1. The molecule has 2 rings (SSSR count). The molecule has 1 aliphatic heterocycles. The van der Waals surface area contributed by atoms with Gasteiger partial charge in [0.05, 0.1) is 10.5 Å². The Balaban J connectivity index is 2.37. The summed E-state index contributed by atoms with van der Waals surface area (Å²) in [4.78, 5) is 25.8. The fourth-order valence-corrected chi connectivity index (χ4v) is 2.66. The first-order valence-electron chi connectivity index (χ1n) is 5.53. The first-order chi connectivity index (χ1) is 7.35. The Bertz CT molecular complexity index is 356. The van der Waals surface area contributed by atoms with E-state index < -0.39 is 5.54 Å². The van der Waals surface area contributed by atoms with Gasteiger partial charge in [0.25, 0.3) is 0 Å². The minimum absolute atomic E-state index is 0.00340. The zero-order valence-corrected chi connectivity index (χ0v) is 10.3. The zero-order valence-electron chi connectivity index (χ0n) is 9.53. The molecule has 2 amide bonds. The number of nitrogens with zero attached hydrogens (tertiary/aromatic N) is 1. The van der Waals surface area contributed by atoms with Crippen LogP contribution in [0.5, 0.6) is 0 Å². The number of amides is 2. The van der Waals surface area contributed by atoms with E-state index in [-0.39, 0.29) is 28.6 Å². The molecule has 0 aromatic rings. The standard InChI is InChI=1S/C11H16N2O2S/c1-11(2,10(12)16)13-8(14)6-3-4-7(5-6)9(13)15/h6-7H,3-5H2,1-2H3,(H2,12,16). The number of rotatable bonds is 2. The largest absolute Gasteiger partial charge is 0.391 e. The van der Waals surface area contributed by atoms with Crippen LogP contribution in [0.3, 0.4) is 0 Å². The van der Waals surface area contributed by atoms with Gasteiger partial charge in [-0.25, -0.2) is 0 Å². The van der Waals surface area contributed by atoms with Crippen molar-refractivity contribution in [3.05, 3.63) is 0 Å². The number of hydrogen-bond acceptors (Lipinski definition) is 3. The van der Waals surface area contributed by atoms with Crippen LogP contribution in [0.4, 0.5) is 0 Å². The van der Waals surface area contributed by atoms with Gasteiger partial charge in [-0.15, -0.1) is 0 Å². The van der Waals surface area contributed by atoms with Crippen molar-refractivity contribution in [2.24, 2.45) is 17.6 Å². The molecule has 0 radical (unpaired) electrons. The van der Waals surface area contributed by atoms with Crippen LogP contribution in [0.2, 0.25) is 0 Å². The molecule has 1 saturated heterocycles. The van der Waals surface area contributed by atoms with Crippen molar-refractivity contribution in [1.29, 1.82) is 0 Å². The lowest BCUT2D eigenvalue weighted by molar-refractivity contribution is -0.156. The summed E-state index contributed by atoms with van der Waals surface area (Å²) in [5.41, 5.74) is 4.78. The molecule has 16 heavy (non-hydrogen) atoms. The average molecular weight is 240 g/mol. The lowest BCUT2D eigenvalue weighted by atomic mass is 9.91. The van der Waals surface area contributed by atoms with E-state index in [2.05, 4.69) is 0 Å². The molecule has 1 heterocycles. The molecule has 88 valence electrons. The Hall–Kier alpha value is -0.970. The Morgan fingerprint density at radius 3 is 2.12 bits per heavy atom. The molecule has 0 aromatic heterocycles. The van der Waals surface area contributed by atoms with Gasteiger partial charge in [-0.2, -0.15) is 0 Å². The lowest BCUT2D eigenvalue weighted by Gasteiger charge is -2.40. The summed E-state index contributed by atoms with van der Waals surface area (Å²) in [6, 6.07) is 0. The van der Waals surface area contributed by atoms with Crippen LogP contribution < -0.4 is 5.73 Å². The molecule has 4 nitrogen and oxygen atoms in total. The number of carbonyl (C=O) groups is 2. The third kappa shape index (κ3) is 1.45. The molecule has 1 aliphatic carbocycles. The maximum atomic E-state index is 12.1. The summed E-state index contributed by atoms with van der Waals surface area (Å²) in [7, 11) is 0. The first kappa shape index (κ1) is 11.5. The summed E-state index contributed by atoms with van der Waals surface area (Å²) in [6.45, 7) is 3.46. The van der Waals surface area contributed by atoms with E-state index in [1.165, 1.54) is 4.90 Å². The zero-order chi connectivity index (χ0) is 12.1. The number of fused-ring (bicyclic) bond motifs is 2. The van der Waals surface area contributed by atoms with E-state index in [0.717, 1.165) is 12.8 Å². The van der Waals surface area contributed by atoms with E-state index in [4.69, 9.17) is 18.0 Å². The van der Waals surface area contributed by atoms with Crippen LogP contribution in [0.15, 0.2) is 0 Å². The van der Waals surface area contributed by atoms with Crippen molar-refractivity contribution in [2.75, 3.05) is 0 Å². The van der Waals surface area contributed by atoms with Crippen molar-refractivity contribution < 1.29 is 9.59 Å². The Kier molecular flexibility index (Phi) is 2.53. The van der Waals surface area contributed by atoms with E-state index in [1.54, 1.807) is 13.8 Å². The average Bonchev–Trinajstić information content (AvgIpc) is 2.60. The van der Waals surface area contributed by atoms with Crippen molar-refractivity contribution in [3.63, 3.8) is 0 Å². The molecular weight excluding hydrogens is 224 g/mol. The molecule has 2 unspecified atom stereocenters. The third-order valence-corrected chi connectivity index (χ3v) is 4.23. The highest BCUT2D eigenvalue weighted by Crippen LogP contribution is 2.40. The number of piperidine rings is 1. The number of thiocarbonyl (C=S) groups is 1. The van der Waals surface area contributed by atoms with Gasteiger partial charge in [0.2, 0.25) is 11.8 Å². The van der Waals surface area contributed by atoms with Crippen molar-refractivity contribution >= 4 is 29.0 Å². The van der Waals surface area contributed by atoms with E-state index in [1.807, 2.05) is 0 Å². The van der Waals surface area contributed by atoms with Crippen LogP contribution in [0.25, 0.3) is 0 Å². The SMILES string of the molecule is CC(C)(C(N)=S)N1C(=O)C2CCC(C2)C1=O. The summed E-state index contributed by atoms with van der Waals surface area (Å²) < 4.78 is 0. The molecule has 2 fully saturated rings. The fourth-order valence-electron chi connectivity index (χ4n) is 2.57. The third-order valence-electron chi connectivity index (χ3n) is 3.73. The molecule has 5 heteroatoms. The normalized spacial score (nSPS) is 29.8. The smallest absolute Gasteiger partial charge is 0.233 e. The molecular formula is C11H16N2O2S. The quantitative estimate of drug-likeness (QED) is 0.574. The summed E-state index contributed by atoms with van der Waals surface area (Å²) in [5, 5.41) is 0. The Morgan fingerprint density at radius 1 is 1.31 bits per heavy atom. The topological polar surface area (TPSA) is 63.4 Å². The molecule has 0 spiro atoms. The van der Waals surface area contributed by atoms with Crippen LogP contribution in [0, 0.1) is 11.8 Å². The Morgan fingerprint density at radius 2 is 1.75 bits per heavy atom. The van der Waals surface area contributed by atoms with Gasteiger partial charge >= 0.3 is 0 Å². The minimum atomic E-state index is -0.843. The maximum absolute atomic E-state index is 12.1. The van der Waals surface area contributed by atoms with Crippen LogP contribution in [-0.4, -0.2) is 27.2 Å². The minimum Gasteiger partial charge on any atom is -0.391 e. The Labute approximate surface area is 100 Å². The summed E-state index contributed by atoms with van der Waals surface area (Å²) >= 11 is 4.95. The maximum Gasteiger partial charge on any atom is 0.233 e. The second kappa shape index (κ2) is 3.52. The molecule has 2 bridgehead atoms. The van der Waals surface area contributed by atoms with Gasteiger partial charge in [0.1, 0.15) is 0 Å². The van der Waals surface area contributed by atoms with E-state index in [9.17, 15) is 9.59 Å². The summed E-state index contributed by atoms with van der Waals surface area (Å²) in [5.74, 6) is -0.208. The molecule has 2 atom stereocenters. The van der Waals surface area contributed by atoms with Crippen LogP contribution in [0.1, 0.15) is 33.1 Å². The van der Waals surface area contributed by atoms with Crippen molar-refractivity contribution in [2.45, 2.75) is 38.6 Å². The molecule has 1 saturated carbocycles. The molecule has 0 aromatic carbocycles.